The zero-order valence-corrected chi connectivity index (χ0v) is 21.7. The van der Waals surface area contributed by atoms with Crippen LogP contribution in [0, 0.1) is 0 Å². The van der Waals surface area contributed by atoms with Gasteiger partial charge < -0.3 is 9.47 Å². The lowest BCUT2D eigenvalue weighted by atomic mass is 9.93. The van der Waals surface area contributed by atoms with Gasteiger partial charge in [-0.3, -0.25) is 0 Å². The number of fused-ring (bicyclic) bond motifs is 2. The van der Waals surface area contributed by atoms with Crippen LogP contribution in [0.25, 0.3) is 21.5 Å². The Morgan fingerprint density at radius 1 is 0.588 bits per heavy atom. The number of unbranched alkanes of at least 4 members (excludes halogenated alkanes) is 4. The molecular formula is C32H42O2. The number of allylic oxidation sites excluding steroid dienone is 2. The van der Waals surface area contributed by atoms with E-state index in [-0.39, 0.29) is 0 Å². The van der Waals surface area contributed by atoms with Crippen LogP contribution in [0.1, 0.15) is 77.3 Å². The molecule has 2 heteroatoms. The highest BCUT2D eigenvalue weighted by Gasteiger charge is 2.19. The van der Waals surface area contributed by atoms with Crippen LogP contribution in [0.15, 0.2) is 60.7 Å². The van der Waals surface area contributed by atoms with Crippen molar-refractivity contribution in [2.45, 2.75) is 79.1 Å². The summed E-state index contributed by atoms with van der Waals surface area (Å²) in [4.78, 5) is 0. The monoisotopic (exact) mass is 458 g/mol. The minimum absolute atomic E-state index is 0.586. The number of hydrogen-bond donors (Lipinski definition) is 0. The Morgan fingerprint density at radius 2 is 1.03 bits per heavy atom. The second-order valence-corrected chi connectivity index (χ2v) is 8.89. The lowest BCUT2D eigenvalue weighted by Crippen LogP contribution is -2.02. The summed E-state index contributed by atoms with van der Waals surface area (Å²) in [6.45, 7) is 10.1. The van der Waals surface area contributed by atoms with Crippen molar-refractivity contribution in [2.24, 2.45) is 0 Å². The predicted molar refractivity (Wildman–Crippen MR) is 149 cm³/mol. The van der Waals surface area contributed by atoms with E-state index in [1.807, 2.05) is 0 Å². The van der Waals surface area contributed by atoms with Crippen LogP contribution >= 0.6 is 0 Å². The van der Waals surface area contributed by atoms with Gasteiger partial charge in [-0.25, -0.2) is 0 Å². The van der Waals surface area contributed by atoms with Crippen molar-refractivity contribution < 1.29 is 9.47 Å². The number of hydrogen-bond acceptors (Lipinski definition) is 2. The molecule has 0 aliphatic rings. The predicted octanol–water partition coefficient (Wildman–Crippen LogP) is 9.37. The topological polar surface area (TPSA) is 18.5 Å². The fourth-order valence-electron chi connectivity index (χ4n) is 4.55. The van der Waals surface area contributed by atoms with Gasteiger partial charge in [0.2, 0.25) is 0 Å². The molecule has 3 aromatic carbocycles. The maximum atomic E-state index is 6.52. The molecule has 2 nitrogen and oxygen atoms in total. The van der Waals surface area contributed by atoms with Crippen molar-refractivity contribution in [1.29, 1.82) is 0 Å². The van der Waals surface area contributed by atoms with E-state index in [4.69, 9.17) is 9.47 Å². The molecule has 0 fully saturated rings. The first-order chi connectivity index (χ1) is 16.8. The van der Waals surface area contributed by atoms with Crippen LogP contribution in [-0.4, -0.2) is 13.2 Å². The van der Waals surface area contributed by atoms with Gasteiger partial charge in [-0.2, -0.15) is 0 Å². The first-order valence-electron chi connectivity index (χ1n) is 13.3. The average molecular weight is 459 g/mol. The average Bonchev–Trinajstić information content (AvgIpc) is 2.87. The van der Waals surface area contributed by atoms with E-state index in [1.165, 1.54) is 47.6 Å². The van der Waals surface area contributed by atoms with E-state index in [0.717, 1.165) is 48.0 Å². The van der Waals surface area contributed by atoms with Crippen molar-refractivity contribution >= 4 is 21.5 Å². The van der Waals surface area contributed by atoms with E-state index < -0.39 is 0 Å². The molecular weight excluding hydrogens is 416 g/mol. The highest BCUT2D eigenvalue weighted by atomic mass is 16.5. The van der Waals surface area contributed by atoms with Crippen LogP contribution in [0.5, 0.6) is 11.5 Å². The number of ether oxygens (including phenoxy) is 2. The van der Waals surface area contributed by atoms with E-state index >= 15 is 0 Å². The molecule has 0 saturated carbocycles. The molecule has 0 atom stereocenters. The van der Waals surface area contributed by atoms with E-state index in [0.29, 0.717) is 13.2 Å². The van der Waals surface area contributed by atoms with Crippen molar-refractivity contribution in [3.63, 3.8) is 0 Å². The maximum absolute atomic E-state index is 6.52. The molecule has 0 radical (unpaired) electrons. The molecule has 0 aliphatic carbocycles. The Morgan fingerprint density at radius 3 is 1.41 bits per heavy atom. The Labute approximate surface area is 206 Å². The number of aryl methyl sites for hydroxylation is 2. The van der Waals surface area contributed by atoms with Crippen molar-refractivity contribution in [3.8, 4) is 11.5 Å². The maximum Gasteiger partial charge on any atom is 0.135 e. The minimum atomic E-state index is 0.586. The van der Waals surface area contributed by atoms with E-state index in [1.54, 1.807) is 0 Å². The van der Waals surface area contributed by atoms with Crippen LogP contribution in [0.4, 0.5) is 0 Å². The summed E-state index contributed by atoms with van der Waals surface area (Å²) < 4.78 is 13.0. The van der Waals surface area contributed by atoms with Gasteiger partial charge in [0.15, 0.2) is 0 Å². The molecule has 0 heterocycles. The Kier molecular flexibility index (Phi) is 10.5. The summed E-state index contributed by atoms with van der Waals surface area (Å²) in [5, 5.41) is 4.69. The van der Waals surface area contributed by atoms with Crippen LogP contribution in [0.2, 0.25) is 0 Å². The Hall–Kier alpha value is -2.74. The molecule has 0 aliphatic heterocycles. The van der Waals surface area contributed by atoms with Gasteiger partial charge in [0, 0.05) is 21.5 Å². The zero-order valence-electron chi connectivity index (χ0n) is 21.7. The summed E-state index contributed by atoms with van der Waals surface area (Å²) in [5.41, 5.74) is 2.60. The molecule has 0 bridgehead atoms. The van der Waals surface area contributed by atoms with Gasteiger partial charge in [0.25, 0.3) is 0 Å². The van der Waals surface area contributed by atoms with Crippen LogP contribution in [0.3, 0.4) is 0 Å². The highest BCUT2D eigenvalue weighted by molar-refractivity contribution is 6.13. The summed E-state index contributed by atoms with van der Waals surface area (Å²) in [6.07, 6.45) is 17.8. The molecule has 0 amide bonds. The van der Waals surface area contributed by atoms with Gasteiger partial charge in [-0.15, -0.1) is 0 Å². The quantitative estimate of drug-likeness (QED) is 0.136. The van der Waals surface area contributed by atoms with Gasteiger partial charge in [-0.05, 0) is 36.8 Å². The third-order valence-corrected chi connectivity index (χ3v) is 6.44. The van der Waals surface area contributed by atoms with Crippen molar-refractivity contribution in [3.05, 3.63) is 71.8 Å². The fraction of sp³-hybridized carbons (Fsp3) is 0.438. The molecule has 0 unspecified atom stereocenters. The second-order valence-electron chi connectivity index (χ2n) is 8.89. The van der Waals surface area contributed by atoms with Gasteiger partial charge >= 0.3 is 0 Å². The third kappa shape index (κ3) is 6.23. The third-order valence-electron chi connectivity index (χ3n) is 6.44. The molecule has 3 aromatic rings. The Bertz CT molecular complexity index is 1020. The van der Waals surface area contributed by atoms with Gasteiger partial charge in [-0.1, -0.05) is 114 Å². The zero-order chi connectivity index (χ0) is 24.2. The SMILES string of the molecule is CCCC/C=C/COc1c2cccc(CC)c2c(OC/C=C/CCCC)c2cccc(CC)c12. The molecule has 0 aromatic heterocycles. The summed E-state index contributed by atoms with van der Waals surface area (Å²) in [7, 11) is 0. The van der Waals surface area contributed by atoms with Gasteiger partial charge in [0.1, 0.15) is 24.7 Å². The second kappa shape index (κ2) is 13.8. The molecule has 0 saturated heterocycles. The summed E-state index contributed by atoms with van der Waals surface area (Å²) >= 11 is 0. The largest absolute Gasteiger partial charge is 0.488 e. The molecule has 34 heavy (non-hydrogen) atoms. The lowest BCUT2D eigenvalue weighted by molar-refractivity contribution is 0.364. The smallest absolute Gasteiger partial charge is 0.135 e. The lowest BCUT2D eigenvalue weighted by Gasteiger charge is -2.20. The summed E-state index contributed by atoms with van der Waals surface area (Å²) in [5.74, 6) is 1.98. The molecule has 0 N–H and O–H groups in total. The standard InChI is InChI=1S/C32H42O2/c1-5-9-11-13-15-23-33-31-27-21-17-20-26(8-4)30(27)32(34-24-16-14-12-10-6-2)28-22-18-19-25(7-3)29(28)31/h13-22H,5-12,23-24H2,1-4H3/b15-13+,16-14+. The minimum Gasteiger partial charge on any atom is -0.488 e. The van der Waals surface area contributed by atoms with E-state index in [9.17, 15) is 0 Å². The van der Waals surface area contributed by atoms with Crippen LogP contribution < -0.4 is 9.47 Å². The summed E-state index contributed by atoms with van der Waals surface area (Å²) in [6, 6.07) is 13.1. The van der Waals surface area contributed by atoms with Crippen molar-refractivity contribution in [1.82, 2.24) is 0 Å². The fourth-order valence-corrected chi connectivity index (χ4v) is 4.55. The van der Waals surface area contributed by atoms with Gasteiger partial charge in [0.05, 0.1) is 0 Å². The Balaban J connectivity index is 2.11. The van der Waals surface area contributed by atoms with Crippen LogP contribution in [-0.2, 0) is 12.8 Å². The first kappa shape index (κ1) is 25.9. The molecule has 182 valence electrons. The molecule has 0 spiro atoms. The van der Waals surface area contributed by atoms with E-state index in [2.05, 4.69) is 88.4 Å². The number of benzene rings is 3. The normalized spacial score (nSPS) is 11.9. The number of rotatable bonds is 14. The molecule has 3 rings (SSSR count). The van der Waals surface area contributed by atoms with Crippen molar-refractivity contribution in [2.75, 3.05) is 13.2 Å². The first-order valence-corrected chi connectivity index (χ1v) is 13.3. The highest BCUT2D eigenvalue weighted by Crippen LogP contribution is 2.45.